The number of nitrogens with one attached hydrogen (secondary N) is 1. The Balaban J connectivity index is 2.61. The highest BCUT2D eigenvalue weighted by atomic mass is 16.4. The van der Waals surface area contributed by atoms with Gasteiger partial charge in [-0.2, -0.15) is 0 Å². The number of hydrogen-bond acceptors (Lipinski definition) is 3. The number of nitrogens with two attached hydrogens (primary N) is 1. The molecular weight excluding hydrogens is 232 g/mol. The van der Waals surface area contributed by atoms with Gasteiger partial charge < -0.3 is 16.2 Å². The molecule has 98 valence electrons. The molecule has 1 aromatic rings. The number of amides is 1. The standard InChI is InChI=1S/C13H18N2O3/c1-8-3-5-10(6-4-8)12(14)13(18)15-9(2)7-11(16)17/h3-6,9,12H,7,14H2,1-2H3,(H,15,18)(H,16,17). The fourth-order valence-electron chi connectivity index (χ4n) is 1.57. The van der Waals surface area contributed by atoms with Crippen LogP contribution in [0.5, 0.6) is 0 Å². The summed E-state index contributed by atoms with van der Waals surface area (Å²) >= 11 is 0. The lowest BCUT2D eigenvalue weighted by Crippen LogP contribution is -2.40. The van der Waals surface area contributed by atoms with Gasteiger partial charge in [0.15, 0.2) is 0 Å². The van der Waals surface area contributed by atoms with Gasteiger partial charge in [0.1, 0.15) is 6.04 Å². The van der Waals surface area contributed by atoms with Crippen LogP contribution >= 0.6 is 0 Å². The van der Waals surface area contributed by atoms with Crippen molar-refractivity contribution >= 4 is 11.9 Å². The van der Waals surface area contributed by atoms with Crippen LogP contribution in [-0.2, 0) is 9.59 Å². The highest BCUT2D eigenvalue weighted by molar-refractivity contribution is 5.83. The Morgan fingerprint density at radius 1 is 1.33 bits per heavy atom. The number of carbonyl (C=O) groups is 2. The molecule has 0 saturated heterocycles. The molecule has 1 amide bonds. The molecule has 0 spiro atoms. The lowest BCUT2D eigenvalue weighted by molar-refractivity contribution is -0.137. The highest BCUT2D eigenvalue weighted by Gasteiger charge is 2.18. The normalized spacial score (nSPS) is 13.7. The van der Waals surface area contributed by atoms with Gasteiger partial charge in [-0.05, 0) is 19.4 Å². The summed E-state index contributed by atoms with van der Waals surface area (Å²) in [6.07, 6.45) is -0.119. The number of rotatable bonds is 5. The molecule has 0 fully saturated rings. The van der Waals surface area contributed by atoms with E-state index in [1.807, 2.05) is 19.1 Å². The van der Waals surface area contributed by atoms with E-state index >= 15 is 0 Å². The van der Waals surface area contributed by atoms with Crippen molar-refractivity contribution in [1.82, 2.24) is 5.32 Å². The molecule has 0 aliphatic heterocycles. The van der Waals surface area contributed by atoms with Crippen LogP contribution in [0.1, 0.15) is 30.5 Å². The van der Waals surface area contributed by atoms with Gasteiger partial charge in [0.05, 0.1) is 6.42 Å². The van der Waals surface area contributed by atoms with Crippen LogP contribution in [0.4, 0.5) is 0 Å². The Labute approximate surface area is 106 Å². The highest BCUT2D eigenvalue weighted by Crippen LogP contribution is 2.11. The zero-order valence-electron chi connectivity index (χ0n) is 10.5. The molecule has 0 aromatic heterocycles. The second kappa shape index (κ2) is 6.16. The number of hydrogen-bond donors (Lipinski definition) is 3. The van der Waals surface area contributed by atoms with E-state index in [2.05, 4.69) is 5.32 Å². The fourth-order valence-corrected chi connectivity index (χ4v) is 1.57. The maximum atomic E-state index is 11.8. The summed E-state index contributed by atoms with van der Waals surface area (Å²) in [6, 6.07) is 6.13. The lowest BCUT2D eigenvalue weighted by atomic mass is 10.0. The largest absolute Gasteiger partial charge is 0.481 e. The summed E-state index contributed by atoms with van der Waals surface area (Å²) in [5.41, 5.74) is 7.61. The van der Waals surface area contributed by atoms with Crippen molar-refractivity contribution in [3.05, 3.63) is 35.4 Å². The Kier molecular flexibility index (Phi) is 4.85. The molecule has 5 nitrogen and oxygen atoms in total. The first-order valence-corrected chi connectivity index (χ1v) is 5.74. The topological polar surface area (TPSA) is 92.4 Å². The minimum atomic E-state index is -0.952. The van der Waals surface area contributed by atoms with Gasteiger partial charge in [0.2, 0.25) is 5.91 Å². The summed E-state index contributed by atoms with van der Waals surface area (Å²) in [5.74, 6) is -1.32. The second-order valence-electron chi connectivity index (χ2n) is 4.40. The molecule has 0 bridgehead atoms. The van der Waals surface area contributed by atoms with Gasteiger partial charge in [-0.15, -0.1) is 0 Å². The van der Waals surface area contributed by atoms with Gasteiger partial charge in [-0.1, -0.05) is 29.8 Å². The smallest absolute Gasteiger partial charge is 0.305 e. The molecule has 0 aliphatic carbocycles. The average Bonchev–Trinajstić information content (AvgIpc) is 2.27. The summed E-state index contributed by atoms with van der Waals surface area (Å²) in [6.45, 7) is 3.58. The maximum Gasteiger partial charge on any atom is 0.305 e. The molecule has 0 saturated carbocycles. The number of benzene rings is 1. The molecule has 2 atom stereocenters. The zero-order chi connectivity index (χ0) is 13.7. The predicted octanol–water partition coefficient (Wildman–Crippen LogP) is 0.974. The third kappa shape index (κ3) is 4.18. The van der Waals surface area contributed by atoms with E-state index in [9.17, 15) is 9.59 Å². The van der Waals surface area contributed by atoms with E-state index in [4.69, 9.17) is 10.8 Å². The number of aryl methyl sites for hydroxylation is 1. The number of aliphatic carboxylic acids is 1. The lowest BCUT2D eigenvalue weighted by Gasteiger charge is -2.16. The number of carboxylic acids is 1. The van der Waals surface area contributed by atoms with E-state index in [0.717, 1.165) is 5.56 Å². The Morgan fingerprint density at radius 3 is 2.39 bits per heavy atom. The first-order valence-electron chi connectivity index (χ1n) is 5.74. The molecule has 1 rings (SSSR count). The van der Waals surface area contributed by atoms with Gasteiger partial charge in [0.25, 0.3) is 0 Å². The minimum absolute atomic E-state index is 0.119. The Morgan fingerprint density at radius 2 is 1.89 bits per heavy atom. The number of carbonyl (C=O) groups excluding carboxylic acids is 1. The van der Waals surface area contributed by atoms with E-state index in [1.165, 1.54) is 0 Å². The van der Waals surface area contributed by atoms with E-state index in [0.29, 0.717) is 5.56 Å². The molecule has 0 radical (unpaired) electrons. The third-order valence-corrected chi connectivity index (χ3v) is 2.59. The zero-order valence-corrected chi connectivity index (χ0v) is 10.5. The maximum absolute atomic E-state index is 11.8. The minimum Gasteiger partial charge on any atom is -0.481 e. The van der Waals surface area contributed by atoms with Gasteiger partial charge in [-0.25, -0.2) is 0 Å². The molecule has 0 aliphatic rings. The van der Waals surface area contributed by atoms with Crippen molar-refractivity contribution in [2.24, 2.45) is 5.73 Å². The van der Waals surface area contributed by atoms with Crippen LogP contribution in [0.15, 0.2) is 24.3 Å². The molecule has 2 unspecified atom stereocenters. The summed E-state index contributed by atoms with van der Waals surface area (Å²) < 4.78 is 0. The predicted molar refractivity (Wildman–Crippen MR) is 68.0 cm³/mol. The van der Waals surface area contributed by atoms with Gasteiger partial charge in [0, 0.05) is 6.04 Å². The summed E-state index contributed by atoms with van der Waals surface area (Å²) in [7, 11) is 0. The molecule has 18 heavy (non-hydrogen) atoms. The van der Waals surface area contributed by atoms with Crippen LogP contribution in [-0.4, -0.2) is 23.0 Å². The van der Waals surface area contributed by atoms with Crippen molar-refractivity contribution in [3.63, 3.8) is 0 Å². The van der Waals surface area contributed by atoms with Crippen molar-refractivity contribution in [1.29, 1.82) is 0 Å². The molecule has 0 heterocycles. The van der Waals surface area contributed by atoms with Crippen LogP contribution in [0.2, 0.25) is 0 Å². The number of carboxylic acid groups (broad SMARTS) is 1. The van der Waals surface area contributed by atoms with Gasteiger partial charge >= 0.3 is 5.97 Å². The van der Waals surface area contributed by atoms with Gasteiger partial charge in [-0.3, -0.25) is 9.59 Å². The molecular formula is C13H18N2O3. The van der Waals surface area contributed by atoms with E-state index in [-0.39, 0.29) is 12.3 Å². The van der Waals surface area contributed by atoms with Crippen molar-refractivity contribution in [2.75, 3.05) is 0 Å². The quantitative estimate of drug-likeness (QED) is 0.726. The van der Waals surface area contributed by atoms with Crippen LogP contribution in [0.3, 0.4) is 0 Å². The van der Waals surface area contributed by atoms with Crippen LogP contribution < -0.4 is 11.1 Å². The fraction of sp³-hybridized carbons (Fsp3) is 0.385. The Bertz CT molecular complexity index is 428. The molecule has 4 N–H and O–H groups in total. The summed E-state index contributed by atoms with van der Waals surface area (Å²) in [5, 5.41) is 11.2. The average molecular weight is 250 g/mol. The monoisotopic (exact) mass is 250 g/mol. The summed E-state index contributed by atoms with van der Waals surface area (Å²) in [4.78, 5) is 22.3. The first-order chi connectivity index (χ1) is 8.40. The van der Waals surface area contributed by atoms with Crippen LogP contribution in [0.25, 0.3) is 0 Å². The Hall–Kier alpha value is -1.88. The van der Waals surface area contributed by atoms with Crippen LogP contribution in [0, 0.1) is 6.92 Å². The van der Waals surface area contributed by atoms with Crippen molar-refractivity contribution in [3.8, 4) is 0 Å². The van der Waals surface area contributed by atoms with E-state index < -0.39 is 18.1 Å². The second-order valence-corrected chi connectivity index (χ2v) is 4.40. The van der Waals surface area contributed by atoms with Crippen molar-refractivity contribution < 1.29 is 14.7 Å². The third-order valence-electron chi connectivity index (χ3n) is 2.59. The van der Waals surface area contributed by atoms with E-state index in [1.54, 1.807) is 19.1 Å². The SMILES string of the molecule is Cc1ccc(C(N)C(=O)NC(C)CC(=O)O)cc1. The van der Waals surface area contributed by atoms with Crippen molar-refractivity contribution in [2.45, 2.75) is 32.4 Å². The molecule has 5 heteroatoms. The molecule has 1 aromatic carbocycles. The first kappa shape index (κ1) is 14.2.